The van der Waals surface area contributed by atoms with E-state index in [0.29, 0.717) is 11.8 Å². The van der Waals surface area contributed by atoms with Gasteiger partial charge < -0.3 is 9.73 Å². The van der Waals surface area contributed by atoms with Crippen LogP contribution in [0.3, 0.4) is 0 Å². The standard InChI is InChI=1S/C21H26FNO4S/c1-14-6-5-9-19(15(14)2)23-21(24)20-11-10-17(27-20)13-28(25,26)12-16-7-3-4-8-18(16)22/h3-4,7-8,10-11,14-15,19H,5-6,9,12-13H2,1-2H3,(H,23,24)/t14-,15-,19-/m1/s1. The highest BCUT2D eigenvalue weighted by atomic mass is 32.2. The fourth-order valence-electron chi connectivity index (χ4n) is 3.72. The van der Waals surface area contributed by atoms with Crippen LogP contribution in [-0.2, 0) is 21.3 Å². The molecular weight excluding hydrogens is 381 g/mol. The molecule has 2 aromatic rings. The second-order valence-corrected chi connectivity index (χ2v) is 9.80. The van der Waals surface area contributed by atoms with E-state index in [9.17, 15) is 17.6 Å². The monoisotopic (exact) mass is 407 g/mol. The van der Waals surface area contributed by atoms with Gasteiger partial charge in [0.25, 0.3) is 5.91 Å². The molecule has 0 bridgehead atoms. The maximum absolute atomic E-state index is 13.7. The van der Waals surface area contributed by atoms with Crippen LogP contribution in [0.2, 0.25) is 0 Å². The molecule has 0 aliphatic heterocycles. The van der Waals surface area contributed by atoms with Gasteiger partial charge in [-0.15, -0.1) is 0 Å². The van der Waals surface area contributed by atoms with Crippen LogP contribution in [0.25, 0.3) is 0 Å². The Morgan fingerprint density at radius 3 is 2.64 bits per heavy atom. The first kappa shape index (κ1) is 20.6. The summed E-state index contributed by atoms with van der Waals surface area (Å²) in [5.41, 5.74) is 0.118. The summed E-state index contributed by atoms with van der Waals surface area (Å²) in [6.45, 7) is 4.33. The van der Waals surface area contributed by atoms with E-state index in [1.165, 1.54) is 30.3 Å². The van der Waals surface area contributed by atoms with Crippen LogP contribution in [0.4, 0.5) is 4.39 Å². The van der Waals surface area contributed by atoms with Crippen LogP contribution in [0.5, 0.6) is 0 Å². The summed E-state index contributed by atoms with van der Waals surface area (Å²) in [5.74, 6) is -0.480. The van der Waals surface area contributed by atoms with Crippen molar-refractivity contribution in [3.05, 3.63) is 59.3 Å². The van der Waals surface area contributed by atoms with Gasteiger partial charge in [0.2, 0.25) is 0 Å². The van der Waals surface area contributed by atoms with Crippen LogP contribution in [-0.4, -0.2) is 20.4 Å². The van der Waals surface area contributed by atoms with Gasteiger partial charge in [0.15, 0.2) is 15.6 Å². The number of rotatable bonds is 6. The number of sulfone groups is 1. The number of carbonyl (C=O) groups is 1. The Balaban J connectivity index is 1.63. The van der Waals surface area contributed by atoms with E-state index in [4.69, 9.17) is 4.42 Å². The zero-order valence-electron chi connectivity index (χ0n) is 16.2. The Bertz CT molecular complexity index is 937. The lowest BCUT2D eigenvalue weighted by molar-refractivity contribution is 0.0861. The summed E-state index contributed by atoms with van der Waals surface area (Å²) in [6, 6.07) is 8.84. The summed E-state index contributed by atoms with van der Waals surface area (Å²) < 4.78 is 43.9. The van der Waals surface area contributed by atoms with E-state index in [-0.39, 0.29) is 34.8 Å². The van der Waals surface area contributed by atoms with Crippen molar-refractivity contribution in [3.8, 4) is 0 Å². The zero-order chi connectivity index (χ0) is 20.3. The molecule has 0 saturated heterocycles. The van der Waals surface area contributed by atoms with E-state index in [1.807, 2.05) is 0 Å². The number of hydrogen-bond donors (Lipinski definition) is 1. The van der Waals surface area contributed by atoms with Crippen LogP contribution in [0.1, 0.15) is 55.0 Å². The average molecular weight is 408 g/mol. The molecule has 28 heavy (non-hydrogen) atoms. The number of benzene rings is 1. The van der Waals surface area contributed by atoms with E-state index in [1.54, 1.807) is 6.07 Å². The summed E-state index contributed by atoms with van der Waals surface area (Å²) in [5, 5.41) is 3.01. The average Bonchev–Trinajstić information content (AvgIpc) is 3.08. The van der Waals surface area contributed by atoms with Gasteiger partial charge in [-0.1, -0.05) is 44.9 Å². The number of carbonyl (C=O) groups excluding carboxylic acids is 1. The molecule has 0 unspecified atom stereocenters. The second kappa shape index (κ2) is 8.47. The van der Waals surface area contributed by atoms with E-state index < -0.39 is 21.4 Å². The number of nitrogens with one attached hydrogen (secondary N) is 1. The first-order valence-electron chi connectivity index (χ1n) is 9.58. The van der Waals surface area contributed by atoms with Gasteiger partial charge in [-0.3, -0.25) is 4.79 Å². The predicted molar refractivity (Wildman–Crippen MR) is 105 cm³/mol. The fraction of sp³-hybridized carbons (Fsp3) is 0.476. The normalized spacial score (nSPS) is 22.8. The maximum Gasteiger partial charge on any atom is 0.287 e. The van der Waals surface area contributed by atoms with Gasteiger partial charge in [0.1, 0.15) is 17.3 Å². The minimum atomic E-state index is -3.63. The molecule has 1 amide bonds. The third-order valence-electron chi connectivity index (χ3n) is 5.60. The molecule has 1 aromatic carbocycles. The third-order valence-corrected chi connectivity index (χ3v) is 7.08. The first-order chi connectivity index (χ1) is 13.2. The first-order valence-corrected chi connectivity index (χ1v) is 11.4. The molecule has 0 spiro atoms. The zero-order valence-corrected chi connectivity index (χ0v) is 17.0. The number of halogens is 1. The molecule has 1 aliphatic carbocycles. The Hall–Kier alpha value is -2.15. The molecule has 1 heterocycles. The maximum atomic E-state index is 13.7. The number of hydrogen-bond acceptors (Lipinski definition) is 4. The topological polar surface area (TPSA) is 76.4 Å². The van der Waals surface area contributed by atoms with Gasteiger partial charge in [0, 0.05) is 11.6 Å². The Morgan fingerprint density at radius 2 is 1.89 bits per heavy atom. The lowest BCUT2D eigenvalue weighted by Crippen LogP contribution is -2.43. The number of amides is 1. The molecule has 1 saturated carbocycles. The molecule has 3 atom stereocenters. The van der Waals surface area contributed by atoms with Gasteiger partial charge >= 0.3 is 0 Å². The molecule has 3 rings (SSSR count). The lowest BCUT2D eigenvalue weighted by atomic mass is 9.78. The summed E-state index contributed by atoms with van der Waals surface area (Å²) in [7, 11) is -3.63. The summed E-state index contributed by atoms with van der Waals surface area (Å²) >= 11 is 0. The van der Waals surface area contributed by atoms with Crippen molar-refractivity contribution in [3.63, 3.8) is 0 Å². The summed E-state index contributed by atoms with van der Waals surface area (Å²) in [4.78, 5) is 12.5. The van der Waals surface area contributed by atoms with Crippen molar-refractivity contribution in [1.29, 1.82) is 0 Å². The molecule has 1 aromatic heterocycles. The van der Waals surface area contributed by atoms with Crippen molar-refractivity contribution in [2.75, 3.05) is 0 Å². The SMILES string of the molecule is C[C@@H]1[C@H](C)CCC[C@H]1NC(=O)c1ccc(CS(=O)(=O)Cc2ccccc2F)o1. The third kappa shape index (κ3) is 5.01. The van der Waals surface area contributed by atoms with E-state index in [2.05, 4.69) is 19.2 Å². The molecule has 0 radical (unpaired) electrons. The highest BCUT2D eigenvalue weighted by molar-refractivity contribution is 7.89. The molecule has 5 nitrogen and oxygen atoms in total. The molecule has 1 N–H and O–H groups in total. The van der Waals surface area contributed by atoms with Crippen LogP contribution in [0, 0.1) is 17.7 Å². The Kier molecular flexibility index (Phi) is 6.23. The van der Waals surface area contributed by atoms with Gasteiger partial charge in [0.05, 0.1) is 5.75 Å². The lowest BCUT2D eigenvalue weighted by Gasteiger charge is -2.34. The second-order valence-electron chi connectivity index (χ2n) is 7.74. The van der Waals surface area contributed by atoms with E-state index >= 15 is 0 Å². The van der Waals surface area contributed by atoms with Crippen molar-refractivity contribution in [1.82, 2.24) is 5.32 Å². The fourth-order valence-corrected chi connectivity index (χ4v) is 5.12. The van der Waals surface area contributed by atoms with Crippen molar-refractivity contribution in [2.24, 2.45) is 11.8 Å². The minimum Gasteiger partial charge on any atom is -0.455 e. The van der Waals surface area contributed by atoms with Crippen LogP contribution < -0.4 is 5.32 Å². The van der Waals surface area contributed by atoms with E-state index in [0.717, 1.165) is 19.3 Å². The van der Waals surface area contributed by atoms with Gasteiger partial charge in [-0.05, 0) is 36.5 Å². The Morgan fingerprint density at radius 1 is 1.14 bits per heavy atom. The highest BCUT2D eigenvalue weighted by Gasteiger charge is 2.29. The van der Waals surface area contributed by atoms with Gasteiger partial charge in [-0.2, -0.15) is 0 Å². The molecule has 7 heteroatoms. The van der Waals surface area contributed by atoms with Gasteiger partial charge in [-0.25, -0.2) is 12.8 Å². The van der Waals surface area contributed by atoms with Crippen LogP contribution >= 0.6 is 0 Å². The van der Waals surface area contributed by atoms with Crippen LogP contribution in [0.15, 0.2) is 40.8 Å². The molecule has 1 fully saturated rings. The quantitative estimate of drug-likeness (QED) is 0.783. The minimum absolute atomic E-state index is 0.0922. The van der Waals surface area contributed by atoms with Crippen molar-refractivity contribution < 1.29 is 22.0 Å². The Labute approximate surface area is 165 Å². The summed E-state index contributed by atoms with van der Waals surface area (Å²) in [6.07, 6.45) is 3.17. The predicted octanol–water partition coefficient (Wildman–Crippen LogP) is 4.09. The molecule has 1 aliphatic rings. The molecule has 152 valence electrons. The molecular formula is C21H26FNO4S. The van der Waals surface area contributed by atoms with Crippen molar-refractivity contribution >= 4 is 15.7 Å². The highest BCUT2D eigenvalue weighted by Crippen LogP contribution is 2.29. The smallest absolute Gasteiger partial charge is 0.287 e. The van der Waals surface area contributed by atoms with Crippen molar-refractivity contribution in [2.45, 2.75) is 50.7 Å². The largest absolute Gasteiger partial charge is 0.455 e. The number of furan rings is 1.